The highest BCUT2D eigenvalue weighted by Crippen LogP contribution is 2.47. The zero-order chi connectivity index (χ0) is 16.9. The average Bonchev–Trinajstić information content (AvgIpc) is 3.05. The van der Waals surface area contributed by atoms with E-state index < -0.39 is 5.60 Å². The van der Waals surface area contributed by atoms with Crippen molar-refractivity contribution in [2.24, 2.45) is 5.92 Å². The van der Waals surface area contributed by atoms with Crippen LogP contribution in [0.4, 0.5) is 0 Å². The Morgan fingerprint density at radius 2 is 1.79 bits per heavy atom. The Balaban J connectivity index is 1.70. The molecule has 1 aromatic rings. The van der Waals surface area contributed by atoms with Gasteiger partial charge < -0.3 is 9.64 Å². The minimum atomic E-state index is -0.748. The first kappa shape index (κ1) is 16.1. The Bertz CT molecular complexity index is 607. The van der Waals surface area contributed by atoms with E-state index >= 15 is 0 Å². The van der Waals surface area contributed by atoms with E-state index in [0.29, 0.717) is 23.9 Å². The lowest BCUT2D eigenvalue weighted by atomic mass is 9.75. The molecule has 4 aliphatic rings. The van der Waals surface area contributed by atoms with Gasteiger partial charge in [0.25, 0.3) is 5.91 Å². The van der Waals surface area contributed by atoms with Gasteiger partial charge in [-0.2, -0.15) is 0 Å². The number of methoxy groups -OCH3 is 1. The van der Waals surface area contributed by atoms with E-state index in [-0.39, 0.29) is 5.91 Å². The highest BCUT2D eigenvalue weighted by atomic mass is 16.5. The summed E-state index contributed by atoms with van der Waals surface area (Å²) in [6, 6.07) is 11.6. The second kappa shape index (κ2) is 5.85. The fourth-order valence-corrected chi connectivity index (χ4v) is 5.08. The van der Waals surface area contributed by atoms with Crippen LogP contribution in [0, 0.1) is 5.92 Å². The minimum Gasteiger partial charge on any atom is -0.369 e. The average molecular weight is 328 g/mol. The number of rotatable bonds is 3. The van der Waals surface area contributed by atoms with Crippen LogP contribution in [0.3, 0.4) is 0 Å². The van der Waals surface area contributed by atoms with Gasteiger partial charge in [-0.25, -0.2) is 0 Å². The van der Waals surface area contributed by atoms with Crippen LogP contribution in [-0.4, -0.2) is 60.1 Å². The lowest BCUT2D eigenvalue weighted by Gasteiger charge is -2.51. The van der Waals surface area contributed by atoms with Gasteiger partial charge >= 0.3 is 0 Å². The van der Waals surface area contributed by atoms with Crippen molar-refractivity contribution < 1.29 is 9.53 Å². The SMILES string of the molecule is COC(C)(C)C(=O)N1C[C@@H](c2ccccc2)[C@@H]2[C@H]1C1CCN2CC1. The van der Waals surface area contributed by atoms with E-state index in [1.807, 2.05) is 13.8 Å². The van der Waals surface area contributed by atoms with E-state index in [1.54, 1.807) is 7.11 Å². The number of carbonyl (C=O) groups excluding carboxylic acids is 1. The maximum absolute atomic E-state index is 13.2. The van der Waals surface area contributed by atoms with Crippen molar-refractivity contribution in [1.29, 1.82) is 0 Å². The van der Waals surface area contributed by atoms with Gasteiger partial charge in [-0.05, 0) is 51.3 Å². The van der Waals surface area contributed by atoms with Crippen molar-refractivity contribution in [3.63, 3.8) is 0 Å². The van der Waals surface area contributed by atoms with Crippen LogP contribution in [-0.2, 0) is 9.53 Å². The summed E-state index contributed by atoms with van der Waals surface area (Å²) in [5.74, 6) is 1.20. The molecule has 0 aromatic heterocycles. The Labute approximate surface area is 144 Å². The highest BCUT2D eigenvalue weighted by Gasteiger charge is 2.56. The molecule has 0 saturated carbocycles. The predicted octanol–water partition coefficient (Wildman–Crippen LogP) is 2.50. The third-order valence-electron chi connectivity index (χ3n) is 6.51. The monoisotopic (exact) mass is 328 g/mol. The van der Waals surface area contributed by atoms with E-state index in [4.69, 9.17) is 4.74 Å². The fourth-order valence-electron chi connectivity index (χ4n) is 5.08. The summed E-state index contributed by atoms with van der Waals surface area (Å²) in [7, 11) is 1.64. The molecule has 3 atom stereocenters. The molecule has 4 aliphatic heterocycles. The summed E-state index contributed by atoms with van der Waals surface area (Å²) in [5, 5.41) is 0. The molecule has 4 heteroatoms. The largest absolute Gasteiger partial charge is 0.369 e. The van der Waals surface area contributed by atoms with Gasteiger partial charge in [0.2, 0.25) is 0 Å². The zero-order valence-electron chi connectivity index (χ0n) is 14.9. The molecule has 0 radical (unpaired) electrons. The Hall–Kier alpha value is -1.39. The molecule has 4 fully saturated rings. The molecule has 1 amide bonds. The highest BCUT2D eigenvalue weighted by molar-refractivity contribution is 5.85. The smallest absolute Gasteiger partial charge is 0.254 e. The van der Waals surface area contributed by atoms with Gasteiger partial charge in [-0.15, -0.1) is 0 Å². The van der Waals surface area contributed by atoms with Crippen LogP contribution in [0.1, 0.15) is 38.2 Å². The molecule has 0 aliphatic carbocycles. The van der Waals surface area contributed by atoms with Gasteiger partial charge in [0.1, 0.15) is 5.60 Å². The Kier molecular flexibility index (Phi) is 3.92. The van der Waals surface area contributed by atoms with Crippen molar-refractivity contribution in [1.82, 2.24) is 9.80 Å². The van der Waals surface area contributed by atoms with Gasteiger partial charge in [-0.1, -0.05) is 30.3 Å². The fraction of sp³-hybridized carbons (Fsp3) is 0.650. The molecular weight excluding hydrogens is 300 g/mol. The van der Waals surface area contributed by atoms with Gasteiger partial charge in [0.15, 0.2) is 0 Å². The summed E-state index contributed by atoms with van der Waals surface area (Å²) < 4.78 is 5.51. The summed E-state index contributed by atoms with van der Waals surface area (Å²) in [4.78, 5) is 18.0. The van der Waals surface area contributed by atoms with E-state index in [1.165, 1.54) is 31.5 Å². The maximum atomic E-state index is 13.2. The van der Waals surface area contributed by atoms with Gasteiger partial charge in [-0.3, -0.25) is 9.69 Å². The van der Waals surface area contributed by atoms with E-state index in [9.17, 15) is 4.79 Å². The van der Waals surface area contributed by atoms with Crippen molar-refractivity contribution in [3.8, 4) is 0 Å². The minimum absolute atomic E-state index is 0.146. The number of ether oxygens (including phenoxy) is 1. The number of hydrogen-bond acceptors (Lipinski definition) is 3. The summed E-state index contributed by atoms with van der Waals surface area (Å²) in [5.41, 5.74) is 0.618. The number of carbonyl (C=O) groups is 1. The molecule has 4 saturated heterocycles. The van der Waals surface area contributed by atoms with Crippen LogP contribution in [0.15, 0.2) is 30.3 Å². The normalized spacial score (nSPS) is 35.1. The number of piperidine rings is 3. The summed E-state index contributed by atoms with van der Waals surface area (Å²) in [6.07, 6.45) is 2.44. The van der Waals surface area contributed by atoms with Gasteiger partial charge in [0, 0.05) is 25.6 Å². The first-order valence-electron chi connectivity index (χ1n) is 9.18. The third-order valence-corrected chi connectivity index (χ3v) is 6.51. The summed E-state index contributed by atoms with van der Waals surface area (Å²) in [6.45, 7) is 6.97. The molecule has 4 heterocycles. The number of hydrogen-bond donors (Lipinski definition) is 0. The molecular formula is C20H28N2O2. The van der Waals surface area contributed by atoms with E-state index in [2.05, 4.69) is 40.1 Å². The maximum Gasteiger partial charge on any atom is 0.254 e. The van der Waals surface area contributed by atoms with Crippen LogP contribution >= 0.6 is 0 Å². The quantitative estimate of drug-likeness (QED) is 0.855. The molecule has 0 N–H and O–H groups in total. The Morgan fingerprint density at radius 1 is 1.12 bits per heavy atom. The van der Waals surface area contributed by atoms with Crippen molar-refractivity contribution in [2.45, 2.75) is 50.3 Å². The van der Waals surface area contributed by atoms with E-state index in [0.717, 1.165) is 6.54 Å². The van der Waals surface area contributed by atoms with Crippen LogP contribution < -0.4 is 0 Å². The molecule has 130 valence electrons. The molecule has 1 aromatic carbocycles. The number of fused-ring (bicyclic) bond motifs is 2. The second-order valence-corrected chi connectivity index (χ2v) is 8.04. The zero-order valence-corrected chi connectivity index (χ0v) is 14.9. The van der Waals surface area contributed by atoms with Crippen molar-refractivity contribution in [2.75, 3.05) is 26.7 Å². The first-order valence-corrected chi connectivity index (χ1v) is 9.18. The van der Waals surface area contributed by atoms with Crippen molar-refractivity contribution in [3.05, 3.63) is 35.9 Å². The molecule has 0 spiro atoms. The number of likely N-dealkylation sites (tertiary alicyclic amines) is 1. The van der Waals surface area contributed by atoms with Crippen LogP contribution in [0.25, 0.3) is 0 Å². The molecule has 0 unspecified atom stereocenters. The summed E-state index contributed by atoms with van der Waals surface area (Å²) >= 11 is 0. The molecule has 5 rings (SSSR count). The number of nitrogens with zero attached hydrogens (tertiary/aromatic N) is 2. The second-order valence-electron chi connectivity index (χ2n) is 8.04. The van der Waals surface area contributed by atoms with Crippen molar-refractivity contribution >= 4 is 5.91 Å². The number of amides is 1. The van der Waals surface area contributed by atoms with Crippen LogP contribution in [0.5, 0.6) is 0 Å². The standard InChI is InChI=1S/C20H28N2O2/c1-20(2,24-3)19(23)22-13-16(14-7-5-4-6-8-14)18-17(22)15-9-11-21(18)12-10-15/h4-8,15-18H,9-13H2,1-3H3/t16-,17+,18+/m0/s1. The lowest BCUT2D eigenvalue weighted by Crippen LogP contribution is -2.62. The number of benzene rings is 1. The molecule has 4 nitrogen and oxygen atoms in total. The molecule has 2 bridgehead atoms. The van der Waals surface area contributed by atoms with Crippen LogP contribution in [0.2, 0.25) is 0 Å². The lowest BCUT2D eigenvalue weighted by molar-refractivity contribution is -0.155. The topological polar surface area (TPSA) is 32.8 Å². The Morgan fingerprint density at radius 3 is 2.42 bits per heavy atom. The third kappa shape index (κ3) is 2.39. The van der Waals surface area contributed by atoms with Gasteiger partial charge in [0.05, 0.1) is 6.04 Å². The predicted molar refractivity (Wildman–Crippen MR) is 93.9 cm³/mol. The molecule has 24 heavy (non-hydrogen) atoms. The first-order chi connectivity index (χ1) is 11.5.